The summed E-state index contributed by atoms with van der Waals surface area (Å²) in [6.45, 7) is 14.1. The van der Waals surface area contributed by atoms with Gasteiger partial charge in [-0.3, -0.25) is 0 Å². The van der Waals surface area contributed by atoms with Crippen LogP contribution in [0.25, 0.3) is 0 Å². The first-order valence-corrected chi connectivity index (χ1v) is 8.41. The van der Waals surface area contributed by atoms with Crippen molar-refractivity contribution in [2.45, 2.75) is 60.8 Å². The molecular weight excluding hydrogens is 276 g/mol. The average Bonchev–Trinajstić information content (AvgIpc) is 2.46. The SMILES string of the molecule is CCc1cc(C)cc(CC)c1NC(=S)NCC(C)(C)CC. The fraction of sp³-hybridized carbons (Fsp3) is 0.611. The number of hydrogen-bond donors (Lipinski definition) is 2. The molecule has 2 nitrogen and oxygen atoms in total. The Labute approximate surface area is 135 Å². The van der Waals surface area contributed by atoms with Gasteiger partial charge in [0.2, 0.25) is 0 Å². The topological polar surface area (TPSA) is 24.1 Å². The molecule has 0 fully saturated rings. The third-order valence-electron chi connectivity index (χ3n) is 4.13. The maximum atomic E-state index is 5.48. The smallest absolute Gasteiger partial charge is 0.170 e. The van der Waals surface area contributed by atoms with Crippen molar-refractivity contribution in [3.05, 3.63) is 28.8 Å². The lowest BCUT2D eigenvalue weighted by Crippen LogP contribution is -2.36. The van der Waals surface area contributed by atoms with E-state index < -0.39 is 0 Å². The molecule has 0 heterocycles. The van der Waals surface area contributed by atoms with E-state index in [9.17, 15) is 0 Å². The molecule has 0 radical (unpaired) electrons. The lowest BCUT2D eigenvalue weighted by molar-refractivity contribution is 0.350. The van der Waals surface area contributed by atoms with Crippen molar-refractivity contribution in [3.8, 4) is 0 Å². The predicted molar refractivity (Wildman–Crippen MR) is 98.2 cm³/mol. The monoisotopic (exact) mass is 306 g/mol. The van der Waals surface area contributed by atoms with Crippen LogP contribution >= 0.6 is 12.2 Å². The van der Waals surface area contributed by atoms with E-state index in [-0.39, 0.29) is 5.41 Å². The highest BCUT2D eigenvalue weighted by molar-refractivity contribution is 7.80. The minimum Gasteiger partial charge on any atom is -0.362 e. The molecule has 0 aromatic heterocycles. The summed E-state index contributed by atoms with van der Waals surface area (Å²) in [4.78, 5) is 0. The van der Waals surface area contributed by atoms with Gasteiger partial charge in [-0.05, 0) is 54.9 Å². The molecule has 3 heteroatoms. The standard InChI is InChI=1S/C18H30N2S/c1-7-14-10-13(4)11-15(8-2)16(14)20-17(21)19-12-18(5,6)9-3/h10-11H,7-9,12H2,1-6H3,(H2,19,20,21). The van der Waals surface area contributed by atoms with Crippen molar-refractivity contribution in [1.29, 1.82) is 0 Å². The Hall–Kier alpha value is -1.09. The average molecular weight is 307 g/mol. The molecule has 21 heavy (non-hydrogen) atoms. The number of hydrogen-bond acceptors (Lipinski definition) is 1. The normalized spacial score (nSPS) is 11.3. The first kappa shape index (κ1) is 18.0. The summed E-state index contributed by atoms with van der Waals surface area (Å²) >= 11 is 5.48. The molecule has 0 aliphatic carbocycles. The number of thiocarbonyl (C=S) groups is 1. The Morgan fingerprint density at radius 1 is 1.10 bits per heavy atom. The fourth-order valence-electron chi connectivity index (χ4n) is 2.26. The Bertz CT molecular complexity index is 467. The van der Waals surface area contributed by atoms with Crippen LogP contribution in [0.2, 0.25) is 0 Å². The highest BCUT2D eigenvalue weighted by Gasteiger charge is 2.16. The zero-order valence-corrected chi connectivity index (χ0v) is 15.2. The van der Waals surface area contributed by atoms with Crippen LogP contribution in [-0.4, -0.2) is 11.7 Å². The molecule has 1 rings (SSSR count). The number of anilines is 1. The summed E-state index contributed by atoms with van der Waals surface area (Å²) in [5, 5.41) is 7.51. The van der Waals surface area contributed by atoms with Crippen LogP contribution in [0.3, 0.4) is 0 Å². The van der Waals surface area contributed by atoms with E-state index in [4.69, 9.17) is 12.2 Å². The largest absolute Gasteiger partial charge is 0.362 e. The Morgan fingerprint density at radius 3 is 2.05 bits per heavy atom. The van der Waals surface area contributed by atoms with Crippen LogP contribution in [0.1, 0.15) is 57.7 Å². The predicted octanol–water partition coefficient (Wildman–Crippen LogP) is 4.84. The van der Waals surface area contributed by atoms with E-state index in [1.165, 1.54) is 22.4 Å². The lowest BCUT2D eigenvalue weighted by atomic mass is 9.90. The lowest BCUT2D eigenvalue weighted by Gasteiger charge is -2.25. The first-order valence-electron chi connectivity index (χ1n) is 8.00. The summed E-state index contributed by atoms with van der Waals surface area (Å²) in [5.41, 5.74) is 5.45. The van der Waals surface area contributed by atoms with Gasteiger partial charge < -0.3 is 10.6 Å². The molecular formula is C18H30N2S. The van der Waals surface area contributed by atoms with Gasteiger partial charge in [-0.15, -0.1) is 0 Å². The van der Waals surface area contributed by atoms with Gasteiger partial charge in [0, 0.05) is 12.2 Å². The number of rotatable bonds is 6. The fourth-order valence-corrected chi connectivity index (χ4v) is 2.44. The van der Waals surface area contributed by atoms with Gasteiger partial charge in [-0.25, -0.2) is 0 Å². The van der Waals surface area contributed by atoms with Crippen molar-refractivity contribution in [3.63, 3.8) is 0 Å². The van der Waals surface area contributed by atoms with Gasteiger partial charge in [0.15, 0.2) is 5.11 Å². The van der Waals surface area contributed by atoms with Crippen LogP contribution in [0, 0.1) is 12.3 Å². The van der Waals surface area contributed by atoms with Crippen LogP contribution < -0.4 is 10.6 Å². The molecule has 0 aliphatic rings. The molecule has 0 amide bonds. The quantitative estimate of drug-likeness (QED) is 0.735. The summed E-state index contributed by atoms with van der Waals surface area (Å²) in [6, 6.07) is 4.50. The van der Waals surface area contributed by atoms with E-state index in [0.717, 1.165) is 30.9 Å². The zero-order chi connectivity index (χ0) is 16.0. The second-order valence-corrected chi connectivity index (χ2v) is 6.90. The van der Waals surface area contributed by atoms with Gasteiger partial charge in [-0.1, -0.05) is 52.3 Å². The van der Waals surface area contributed by atoms with E-state index in [2.05, 4.69) is 64.3 Å². The molecule has 0 atom stereocenters. The van der Waals surface area contributed by atoms with Crippen molar-refractivity contribution < 1.29 is 0 Å². The number of nitrogens with one attached hydrogen (secondary N) is 2. The van der Waals surface area contributed by atoms with E-state index in [0.29, 0.717) is 0 Å². The molecule has 0 aliphatic heterocycles. The Kier molecular flexibility index (Phi) is 6.66. The van der Waals surface area contributed by atoms with Crippen molar-refractivity contribution in [2.75, 3.05) is 11.9 Å². The first-order chi connectivity index (χ1) is 9.82. The van der Waals surface area contributed by atoms with Gasteiger partial charge in [0.25, 0.3) is 0 Å². The second-order valence-electron chi connectivity index (χ2n) is 6.49. The molecule has 0 bridgehead atoms. The Morgan fingerprint density at radius 2 is 1.62 bits per heavy atom. The van der Waals surface area contributed by atoms with Gasteiger partial charge in [0.1, 0.15) is 0 Å². The van der Waals surface area contributed by atoms with E-state index in [1.807, 2.05) is 0 Å². The third-order valence-corrected chi connectivity index (χ3v) is 4.38. The van der Waals surface area contributed by atoms with Crippen molar-refractivity contribution in [2.24, 2.45) is 5.41 Å². The molecule has 2 N–H and O–H groups in total. The van der Waals surface area contributed by atoms with E-state index in [1.54, 1.807) is 0 Å². The van der Waals surface area contributed by atoms with E-state index >= 15 is 0 Å². The van der Waals surface area contributed by atoms with Crippen LogP contribution in [0.15, 0.2) is 12.1 Å². The zero-order valence-electron chi connectivity index (χ0n) is 14.4. The molecule has 0 saturated carbocycles. The maximum Gasteiger partial charge on any atom is 0.170 e. The molecule has 0 saturated heterocycles. The molecule has 118 valence electrons. The van der Waals surface area contributed by atoms with Crippen molar-refractivity contribution in [1.82, 2.24) is 5.32 Å². The maximum absolute atomic E-state index is 5.48. The summed E-state index contributed by atoms with van der Waals surface area (Å²) in [6.07, 6.45) is 3.16. The second kappa shape index (κ2) is 7.79. The van der Waals surface area contributed by atoms with Crippen LogP contribution in [0.4, 0.5) is 5.69 Å². The van der Waals surface area contributed by atoms with Crippen LogP contribution in [-0.2, 0) is 12.8 Å². The molecule has 1 aromatic carbocycles. The summed E-state index contributed by atoms with van der Waals surface area (Å²) in [5.74, 6) is 0. The van der Waals surface area contributed by atoms with Gasteiger partial charge in [0.05, 0.1) is 0 Å². The van der Waals surface area contributed by atoms with Gasteiger partial charge >= 0.3 is 0 Å². The molecule has 0 spiro atoms. The minimum atomic E-state index is 0.264. The summed E-state index contributed by atoms with van der Waals surface area (Å²) < 4.78 is 0. The number of benzene rings is 1. The highest BCUT2D eigenvalue weighted by atomic mass is 32.1. The minimum absolute atomic E-state index is 0.264. The molecule has 0 unspecified atom stereocenters. The third kappa shape index (κ3) is 5.31. The van der Waals surface area contributed by atoms with Crippen molar-refractivity contribution >= 4 is 23.0 Å². The molecule has 1 aromatic rings. The number of aryl methyl sites for hydroxylation is 3. The Balaban J connectivity index is 2.84. The summed E-state index contributed by atoms with van der Waals surface area (Å²) in [7, 11) is 0. The van der Waals surface area contributed by atoms with Gasteiger partial charge in [-0.2, -0.15) is 0 Å². The van der Waals surface area contributed by atoms with Crippen LogP contribution in [0.5, 0.6) is 0 Å². The highest BCUT2D eigenvalue weighted by Crippen LogP contribution is 2.25.